The largest absolute Gasteiger partial charge is 0.440 e. The first-order valence-electron chi connectivity index (χ1n) is 7.63. The Balaban J connectivity index is 2.02. The third-order valence-corrected chi connectivity index (χ3v) is 4.23. The van der Waals surface area contributed by atoms with Crippen LogP contribution in [0.4, 0.5) is 28.0 Å². The normalized spacial score (nSPS) is 19.5. The van der Waals surface area contributed by atoms with Gasteiger partial charge in [0.15, 0.2) is 0 Å². The van der Waals surface area contributed by atoms with Gasteiger partial charge in [-0.15, -0.1) is 0 Å². The molecule has 2 aromatic carbocycles. The zero-order valence-electron chi connectivity index (χ0n) is 13.7. The highest BCUT2D eigenvalue weighted by atomic mass is 35.5. The van der Waals surface area contributed by atoms with Crippen molar-refractivity contribution in [3.63, 3.8) is 0 Å². The van der Waals surface area contributed by atoms with Crippen LogP contribution in [-0.2, 0) is 4.79 Å². The highest BCUT2D eigenvalue weighted by Crippen LogP contribution is 2.36. The molecule has 1 aliphatic rings. The number of hydrogen-bond acceptors (Lipinski definition) is 3. The molecule has 2 N–H and O–H groups in total. The third kappa shape index (κ3) is 3.15. The molecule has 146 valence electrons. The number of nitrogens with zero attached hydrogens (tertiary/aromatic N) is 1. The smallest absolute Gasteiger partial charge is 0.314 e. The van der Waals surface area contributed by atoms with Gasteiger partial charge in [0.1, 0.15) is 5.82 Å². The molecular formula is C17H10ClF4N3O3. The first kappa shape index (κ1) is 19.6. The van der Waals surface area contributed by atoms with E-state index in [-0.39, 0.29) is 10.5 Å². The van der Waals surface area contributed by atoms with Crippen LogP contribution < -0.4 is 15.5 Å². The van der Waals surface area contributed by atoms with Gasteiger partial charge in [-0.2, -0.15) is 13.2 Å². The van der Waals surface area contributed by atoms with Gasteiger partial charge < -0.3 is 5.32 Å². The zero-order valence-corrected chi connectivity index (χ0v) is 14.4. The fourth-order valence-electron chi connectivity index (χ4n) is 2.57. The number of halogens is 5. The molecule has 1 aliphatic heterocycles. The van der Waals surface area contributed by atoms with Crippen LogP contribution in [0.5, 0.6) is 0 Å². The lowest BCUT2D eigenvalue weighted by molar-refractivity contribution is -0.197. The van der Waals surface area contributed by atoms with E-state index in [4.69, 9.17) is 11.6 Å². The topological polar surface area (TPSA) is 78.5 Å². The molecule has 1 heterocycles. The van der Waals surface area contributed by atoms with Crippen molar-refractivity contribution in [2.24, 2.45) is 0 Å². The second-order valence-electron chi connectivity index (χ2n) is 5.74. The molecule has 4 amide bonds. The van der Waals surface area contributed by atoms with Gasteiger partial charge in [-0.05, 0) is 30.3 Å². The summed E-state index contributed by atoms with van der Waals surface area (Å²) in [5, 5.41) is 2.54. The van der Waals surface area contributed by atoms with E-state index >= 15 is 0 Å². The molecule has 3 rings (SSSR count). The van der Waals surface area contributed by atoms with Crippen LogP contribution in [-0.4, -0.2) is 29.7 Å². The molecule has 1 atom stereocenters. The predicted molar refractivity (Wildman–Crippen MR) is 90.1 cm³/mol. The van der Waals surface area contributed by atoms with Gasteiger partial charge in [0.25, 0.3) is 17.5 Å². The first-order valence-corrected chi connectivity index (χ1v) is 8.00. The number of carbonyl (C=O) groups excluding carboxylic acids is 3. The molecule has 0 aromatic heterocycles. The minimum atomic E-state index is -5.37. The van der Waals surface area contributed by atoms with Crippen molar-refractivity contribution in [3.8, 4) is 0 Å². The molecule has 1 saturated heterocycles. The summed E-state index contributed by atoms with van der Waals surface area (Å²) in [5.41, 5.74) is -4.25. The number of rotatable bonds is 3. The molecule has 0 spiro atoms. The van der Waals surface area contributed by atoms with E-state index in [1.54, 1.807) is 11.4 Å². The lowest BCUT2D eigenvalue weighted by Gasteiger charge is -2.29. The number of anilines is 1. The number of nitrogens with one attached hydrogen (secondary N) is 2. The van der Waals surface area contributed by atoms with E-state index in [2.05, 4.69) is 0 Å². The zero-order chi connectivity index (χ0) is 20.7. The second-order valence-corrected chi connectivity index (χ2v) is 6.14. The van der Waals surface area contributed by atoms with Crippen LogP contribution in [0, 0.1) is 5.82 Å². The minimum Gasteiger partial charge on any atom is -0.314 e. The summed E-state index contributed by atoms with van der Waals surface area (Å²) in [5.74, 6) is -3.93. The van der Waals surface area contributed by atoms with Gasteiger partial charge in [-0.25, -0.2) is 14.1 Å². The molecule has 0 bridgehead atoms. The number of urea groups is 1. The Morgan fingerprint density at radius 3 is 2.32 bits per heavy atom. The number of alkyl halides is 3. The highest BCUT2D eigenvalue weighted by Gasteiger charge is 2.69. The lowest BCUT2D eigenvalue weighted by Crippen LogP contribution is -2.69. The first-order chi connectivity index (χ1) is 13.1. The quantitative estimate of drug-likeness (QED) is 0.597. The SMILES string of the molecule is O=C(N[C@@]1(C(F)(F)F)NC(=O)N(c2ccc(F)c(Cl)c2)C1=O)c1ccccc1. The van der Waals surface area contributed by atoms with Crippen molar-refractivity contribution in [3.05, 3.63) is 64.9 Å². The minimum absolute atomic E-state index is 0.129. The molecule has 0 aliphatic carbocycles. The van der Waals surface area contributed by atoms with E-state index in [1.165, 1.54) is 29.6 Å². The monoisotopic (exact) mass is 415 g/mol. The molecule has 0 saturated carbocycles. The number of imide groups is 1. The van der Waals surface area contributed by atoms with Crippen molar-refractivity contribution in [1.82, 2.24) is 10.6 Å². The number of amides is 4. The summed E-state index contributed by atoms with van der Waals surface area (Å²) in [7, 11) is 0. The van der Waals surface area contributed by atoms with Gasteiger partial charge in [-0.3, -0.25) is 14.9 Å². The van der Waals surface area contributed by atoms with Crippen LogP contribution in [0.25, 0.3) is 0 Å². The van der Waals surface area contributed by atoms with Crippen LogP contribution in [0.3, 0.4) is 0 Å². The Kier molecular flexibility index (Phi) is 4.76. The average molecular weight is 416 g/mol. The molecule has 0 unspecified atom stereocenters. The van der Waals surface area contributed by atoms with E-state index in [0.29, 0.717) is 0 Å². The summed E-state index contributed by atoms with van der Waals surface area (Å²) < 4.78 is 54.7. The molecular weight excluding hydrogens is 406 g/mol. The molecule has 28 heavy (non-hydrogen) atoms. The van der Waals surface area contributed by atoms with Gasteiger partial charge in [0.05, 0.1) is 10.7 Å². The third-order valence-electron chi connectivity index (χ3n) is 3.95. The number of benzene rings is 2. The number of hydrogen-bond donors (Lipinski definition) is 2. The predicted octanol–water partition coefficient (Wildman–Crippen LogP) is 3.22. The van der Waals surface area contributed by atoms with Gasteiger partial charge in [0, 0.05) is 5.56 Å². The fraction of sp³-hybridized carbons (Fsp3) is 0.118. The maximum Gasteiger partial charge on any atom is 0.440 e. The summed E-state index contributed by atoms with van der Waals surface area (Å²) in [6.07, 6.45) is -5.37. The molecule has 6 nitrogen and oxygen atoms in total. The Morgan fingerprint density at radius 2 is 1.75 bits per heavy atom. The van der Waals surface area contributed by atoms with Crippen molar-refractivity contribution in [2.45, 2.75) is 11.8 Å². The van der Waals surface area contributed by atoms with E-state index in [9.17, 15) is 31.9 Å². The fourth-order valence-corrected chi connectivity index (χ4v) is 2.74. The summed E-state index contributed by atoms with van der Waals surface area (Å²) in [4.78, 5) is 37.2. The van der Waals surface area contributed by atoms with Crippen molar-refractivity contribution < 1.29 is 31.9 Å². The Labute approximate surface area is 160 Å². The Hall–Kier alpha value is -3.14. The lowest BCUT2D eigenvalue weighted by atomic mass is 10.1. The van der Waals surface area contributed by atoms with E-state index in [0.717, 1.165) is 18.2 Å². The number of carbonyl (C=O) groups is 3. The van der Waals surface area contributed by atoms with Crippen molar-refractivity contribution in [2.75, 3.05) is 4.90 Å². The maximum absolute atomic E-state index is 13.8. The van der Waals surface area contributed by atoms with Crippen molar-refractivity contribution >= 4 is 35.1 Å². The standard InChI is InChI=1S/C17H10ClF4N3O3/c18-11-8-10(6-7-12(11)19)25-14(27)16(17(20,21)22,24-15(25)28)23-13(26)9-4-2-1-3-5-9/h1-8H,(H,23,26)(H,24,28)/t16-/m1/s1. The van der Waals surface area contributed by atoms with Crippen LogP contribution in [0.2, 0.25) is 5.02 Å². The van der Waals surface area contributed by atoms with Gasteiger partial charge in [0.2, 0.25) is 0 Å². The average Bonchev–Trinajstić information content (AvgIpc) is 2.89. The maximum atomic E-state index is 13.8. The van der Waals surface area contributed by atoms with Crippen LogP contribution in [0.15, 0.2) is 48.5 Å². The van der Waals surface area contributed by atoms with Crippen molar-refractivity contribution in [1.29, 1.82) is 0 Å². The second kappa shape index (κ2) is 6.79. The van der Waals surface area contributed by atoms with Crippen LogP contribution >= 0.6 is 11.6 Å². The van der Waals surface area contributed by atoms with E-state index in [1.807, 2.05) is 0 Å². The van der Waals surface area contributed by atoms with Crippen LogP contribution in [0.1, 0.15) is 10.4 Å². The molecule has 2 aromatic rings. The summed E-state index contributed by atoms with van der Waals surface area (Å²) in [6, 6.07) is 7.89. The molecule has 11 heteroatoms. The Bertz CT molecular complexity index is 968. The van der Waals surface area contributed by atoms with Gasteiger partial charge >= 0.3 is 12.2 Å². The van der Waals surface area contributed by atoms with Gasteiger partial charge in [-0.1, -0.05) is 29.8 Å². The molecule has 0 radical (unpaired) electrons. The Morgan fingerprint density at radius 1 is 1.11 bits per heavy atom. The van der Waals surface area contributed by atoms with E-state index < -0.39 is 46.2 Å². The molecule has 1 fully saturated rings. The summed E-state index contributed by atoms with van der Waals surface area (Å²) in [6.45, 7) is 0. The highest BCUT2D eigenvalue weighted by molar-refractivity contribution is 6.31. The summed E-state index contributed by atoms with van der Waals surface area (Å²) >= 11 is 5.58.